The molecule has 0 saturated carbocycles. The van der Waals surface area contributed by atoms with E-state index in [4.69, 9.17) is 14.9 Å². The zero-order valence-corrected chi connectivity index (χ0v) is 25.4. The average Bonchev–Trinajstić information content (AvgIpc) is 3.66. The highest BCUT2D eigenvalue weighted by atomic mass is 32.1. The molecule has 1 unspecified atom stereocenters. The zero-order chi connectivity index (χ0) is 32.2. The molecule has 0 spiro atoms. The molecular weight excluding hydrogens is 607 g/mol. The first-order valence-electron chi connectivity index (χ1n) is 14.0. The molecule has 2 aromatic carbocycles. The van der Waals surface area contributed by atoms with Gasteiger partial charge in [0, 0.05) is 29.6 Å². The van der Waals surface area contributed by atoms with Crippen molar-refractivity contribution in [2.75, 3.05) is 0 Å². The van der Waals surface area contributed by atoms with E-state index < -0.39 is 29.4 Å². The molecule has 0 radical (unpaired) electrons. The lowest BCUT2D eigenvalue weighted by Crippen LogP contribution is -2.33. The molecule has 1 aliphatic heterocycles. The van der Waals surface area contributed by atoms with Crippen LogP contribution < -0.4 is 16.4 Å². The Kier molecular flexibility index (Phi) is 9.37. The quantitative estimate of drug-likeness (QED) is 0.188. The number of thiophene rings is 1. The number of halogens is 3. The molecule has 0 fully saturated rings. The molecule has 0 saturated heterocycles. The highest BCUT2D eigenvalue weighted by Crippen LogP contribution is 2.46. The minimum atomic E-state index is -1.01. The number of rotatable bonds is 11. The van der Waals surface area contributed by atoms with Crippen LogP contribution in [0.5, 0.6) is 0 Å². The molecule has 13 heteroatoms. The topological polar surface area (TPSA) is 132 Å². The molecule has 3 heterocycles. The van der Waals surface area contributed by atoms with Gasteiger partial charge in [-0.1, -0.05) is 32.0 Å². The molecule has 4 N–H and O–H groups in total. The van der Waals surface area contributed by atoms with Crippen molar-refractivity contribution in [2.45, 2.75) is 46.3 Å². The van der Waals surface area contributed by atoms with Gasteiger partial charge in [0.2, 0.25) is 23.6 Å². The molecule has 0 aliphatic carbocycles. The zero-order valence-electron chi connectivity index (χ0n) is 24.6. The van der Waals surface area contributed by atoms with Crippen LogP contribution in [0, 0.1) is 30.3 Å². The lowest BCUT2D eigenvalue weighted by Gasteiger charge is -2.31. The van der Waals surface area contributed by atoms with Crippen molar-refractivity contribution < 1.29 is 31.9 Å². The van der Waals surface area contributed by atoms with E-state index in [9.17, 15) is 22.8 Å². The van der Waals surface area contributed by atoms with Crippen molar-refractivity contribution in [3.8, 4) is 0 Å². The highest BCUT2D eigenvalue weighted by Gasteiger charge is 2.40. The predicted molar refractivity (Wildman–Crippen MR) is 161 cm³/mol. The Morgan fingerprint density at radius 3 is 2.42 bits per heavy atom. The van der Waals surface area contributed by atoms with E-state index in [1.54, 1.807) is 31.2 Å². The maximum absolute atomic E-state index is 13.6. The Morgan fingerprint density at radius 1 is 1.04 bits per heavy atom. The molecule has 1 aliphatic rings. The Morgan fingerprint density at radius 2 is 1.78 bits per heavy atom. The van der Waals surface area contributed by atoms with E-state index in [0.29, 0.717) is 38.6 Å². The number of nitrogens with zero attached hydrogens (tertiary/aromatic N) is 2. The summed E-state index contributed by atoms with van der Waals surface area (Å²) in [5.74, 6) is -3.65. The summed E-state index contributed by atoms with van der Waals surface area (Å²) in [6.07, 6.45) is 0.446. The van der Waals surface area contributed by atoms with Gasteiger partial charge < -0.3 is 25.5 Å². The van der Waals surface area contributed by atoms with E-state index in [1.807, 2.05) is 13.8 Å². The van der Waals surface area contributed by atoms with Gasteiger partial charge in [0.25, 0.3) is 5.91 Å². The first-order chi connectivity index (χ1) is 21.5. The minimum Gasteiger partial charge on any atom is -0.474 e. The van der Waals surface area contributed by atoms with Crippen LogP contribution >= 0.6 is 11.3 Å². The monoisotopic (exact) mass is 637 g/mol. The van der Waals surface area contributed by atoms with Gasteiger partial charge in [-0.25, -0.2) is 13.2 Å². The number of amides is 2. The first-order valence-corrected chi connectivity index (χ1v) is 14.9. The van der Waals surface area contributed by atoms with E-state index in [0.717, 1.165) is 23.5 Å². The smallest absolute Gasteiger partial charge is 0.261 e. The first kappa shape index (κ1) is 31.5. The number of hydrogen-bond donors (Lipinski definition) is 3. The van der Waals surface area contributed by atoms with E-state index in [2.05, 4.69) is 20.8 Å². The van der Waals surface area contributed by atoms with Crippen molar-refractivity contribution in [2.24, 2.45) is 11.7 Å². The summed E-state index contributed by atoms with van der Waals surface area (Å²) in [5.41, 5.74) is 8.20. The summed E-state index contributed by atoms with van der Waals surface area (Å²) >= 11 is 1.12. The van der Waals surface area contributed by atoms with Crippen molar-refractivity contribution >= 4 is 28.7 Å². The minimum absolute atomic E-state index is 0.0324. The number of carbonyl (C=O) groups excluding carboxylic acids is 2. The van der Waals surface area contributed by atoms with Crippen LogP contribution in [0.4, 0.5) is 13.2 Å². The number of carbonyl (C=O) groups is 2. The maximum Gasteiger partial charge on any atom is 0.261 e. The SMILES string of the molecule is Cc1nnc(C2=C(OCc3ccc(F)cc3)NC(CC(C)C)=C(C(N)=O)C2c2ccc(C(=O)NCc3ccc(F)c(F)c3)s2)o1. The Labute approximate surface area is 261 Å². The number of benzene rings is 2. The summed E-state index contributed by atoms with van der Waals surface area (Å²) < 4.78 is 52.5. The fourth-order valence-electron chi connectivity index (χ4n) is 4.89. The lowest BCUT2D eigenvalue weighted by molar-refractivity contribution is -0.114. The molecule has 0 bridgehead atoms. The number of nitrogens with two attached hydrogens (primary N) is 1. The van der Waals surface area contributed by atoms with Gasteiger partial charge in [-0.3, -0.25) is 9.59 Å². The molecule has 1 atom stereocenters. The van der Waals surface area contributed by atoms with Gasteiger partial charge in [-0.2, -0.15) is 0 Å². The van der Waals surface area contributed by atoms with Crippen LogP contribution in [0.1, 0.15) is 63.6 Å². The second-order valence-electron chi connectivity index (χ2n) is 10.8. The second kappa shape index (κ2) is 13.4. The summed E-state index contributed by atoms with van der Waals surface area (Å²) in [6, 6.07) is 12.5. The van der Waals surface area contributed by atoms with Crippen LogP contribution in [0.2, 0.25) is 0 Å². The summed E-state index contributed by atoms with van der Waals surface area (Å²) in [5, 5.41) is 14.1. The molecule has 45 heavy (non-hydrogen) atoms. The highest BCUT2D eigenvalue weighted by molar-refractivity contribution is 7.14. The number of dihydropyridines is 1. The molecule has 4 aromatic rings. The number of hydrogen-bond acceptors (Lipinski definition) is 8. The van der Waals surface area contributed by atoms with Gasteiger partial charge in [0.15, 0.2) is 11.6 Å². The summed E-state index contributed by atoms with van der Waals surface area (Å²) in [7, 11) is 0. The standard InChI is InChI=1S/C32H30F3N5O4S/c1-16(2)12-23-26(29(36)41)27(24-10-11-25(45-24)30(42)37-14-19-6-9-21(34)22(35)13-19)28(32-40-39-17(3)44-32)31(38-23)43-15-18-4-7-20(33)8-5-18/h4-11,13,16,27,38H,12,14-15H2,1-3H3,(H2,36,41)(H,37,42). The molecule has 5 rings (SSSR count). The van der Waals surface area contributed by atoms with Gasteiger partial charge in [-0.15, -0.1) is 21.5 Å². The fraction of sp³-hybridized carbons (Fsp3) is 0.250. The molecule has 234 valence electrons. The van der Waals surface area contributed by atoms with Crippen molar-refractivity contribution in [3.05, 3.63) is 122 Å². The number of ether oxygens (including phenoxy) is 1. The number of primary amides is 1. The largest absolute Gasteiger partial charge is 0.474 e. The van der Waals surface area contributed by atoms with Crippen LogP contribution in [0.15, 0.2) is 76.2 Å². The third-order valence-electron chi connectivity index (χ3n) is 6.91. The second-order valence-corrected chi connectivity index (χ2v) is 11.9. The maximum atomic E-state index is 13.6. The Balaban J connectivity index is 1.54. The number of aromatic nitrogens is 2. The third-order valence-corrected chi connectivity index (χ3v) is 8.06. The average molecular weight is 638 g/mol. The molecular formula is C32H30F3N5O4S. The predicted octanol–water partition coefficient (Wildman–Crippen LogP) is 5.84. The summed E-state index contributed by atoms with van der Waals surface area (Å²) in [6.45, 7) is 5.62. The van der Waals surface area contributed by atoms with E-state index >= 15 is 0 Å². The molecule has 9 nitrogen and oxygen atoms in total. The molecule has 2 aromatic heterocycles. The van der Waals surface area contributed by atoms with Crippen molar-refractivity contribution in [1.82, 2.24) is 20.8 Å². The lowest BCUT2D eigenvalue weighted by atomic mass is 9.83. The Bertz CT molecular complexity index is 1800. The molecule has 2 amide bonds. The number of allylic oxidation sites excluding steroid dienone is 2. The van der Waals surface area contributed by atoms with Crippen molar-refractivity contribution in [1.29, 1.82) is 0 Å². The van der Waals surface area contributed by atoms with Gasteiger partial charge in [-0.05, 0) is 59.9 Å². The summed E-state index contributed by atoms with van der Waals surface area (Å²) in [4.78, 5) is 27.1. The van der Waals surface area contributed by atoms with Gasteiger partial charge in [0.05, 0.1) is 16.4 Å². The van der Waals surface area contributed by atoms with Gasteiger partial charge >= 0.3 is 0 Å². The van der Waals surface area contributed by atoms with E-state index in [-0.39, 0.29) is 48.1 Å². The Hall–Kier alpha value is -4.91. The number of nitrogens with one attached hydrogen (secondary N) is 2. The number of aryl methyl sites for hydroxylation is 1. The third kappa shape index (κ3) is 7.26. The van der Waals surface area contributed by atoms with Crippen LogP contribution in [-0.2, 0) is 22.7 Å². The van der Waals surface area contributed by atoms with Crippen molar-refractivity contribution in [3.63, 3.8) is 0 Å². The normalized spacial score (nSPS) is 15.0. The van der Waals surface area contributed by atoms with Gasteiger partial charge in [0.1, 0.15) is 12.4 Å². The van der Waals surface area contributed by atoms with Crippen LogP contribution in [0.3, 0.4) is 0 Å². The van der Waals surface area contributed by atoms with E-state index in [1.165, 1.54) is 18.2 Å². The van der Waals surface area contributed by atoms with Crippen LogP contribution in [-0.4, -0.2) is 22.0 Å². The van der Waals surface area contributed by atoms with Crippen LogP contribution in [0.25, 0.3) is 5.57 Å². The fourth-order valence-corrected chi connectivity index (χ4v) is 5.94.